The Morgan fingerprint density at radius 3 is 2.55 bits per heavy atom. The largest absolute Gasteiger partial charge is 0.370 e. The summed E-state index contributed by atoms with van der Waals surface area (Å²) >= 11 is 0. The highest BCUT2D eigenvalue weighted by Crippen LogP contribution is 2.17. The molecule has 2 aromatic rings. The molecule has 2 rings (SSSR count). The van der Waals surface area contributed by atoms with E-state index in [0.29, 0.717) is 6.42 Å². The van der Waals surface area contributed by atoms with Gasteiger partial charge in [-0.3, -0.25) is 9.78 Å². The van der Waals surface area contributed by atoms with Gasteiger partial charge in [0.2, 0.25) is 0 Å². The lowest BCUT2D eigenvalue weighted by molar-refractivity contribution is 0.0982. The molecule has 1 aromatic carbocycles. The van der Waals surface area contributed by atoms with Crippen molar-refractivity contribution in [1.29, 1.82) is 0 Å². The molecule has 0 atom stereocenters. The van der Waals surface area contributed by atoms with Gasteiger partial charge in [0.15, 0.2) is 5.78 Å². The number of nitrogens with zero attached hydrogens (tertiary/aromatic N) is 2. The van der Waals surface area contributed by atoms with Gasteiger partial charge in [0.1, 0.15) is 0 Å². The van der Waals surface area contributed by atoms with Crippen molar-refractivity contribution < 1.29 is 4.79 Å². The summed E-state index contributed by atoms with van der Waals surface area (Å²) in [6.45, 7) is 2.82. The Labute approximate surface area is 120 Å². The third-order valence-corrected chi connectivity index (χ3v) is 3.25. The van der Waals surface area contributed by atoms with E-state index < -0.39 is 0 Å². The fraction of sp³-hybridized carbons (Fsp3) is 0.294. The van der Waals surface area contributed by atoms with Crippen LogP contribution in [-0.2, 0) is 6.54 Å². The number of benzene rings is 1. The Morgan fingerprint density at radius 1 is 1.20 bits per heavy atom. The Kier molecular flexibility index (Phi) is 4.88. The van der Waals surface area contributed by atoms with Crippen molar-refractivity contribution >= 4 is 11.5 Å². The van der Waals surface area contributed by atoms with Gasteiger partial charge in [-0.15, -0.1) is 0 Å². The third-order valence-electron chi connectivity index (χ3n) is 3.25. The molecule has 0 saturated carbocycles. The first-order valence-electron chi connectivity index (χ1n) is 6.94. The molecule has 1 aromatic heterocycles. The molecule has 0 saturated heterocycles. The number of hydrogen-bond acceptors (Lipinski definition) is 3. The van der Waals surface area contributed by atoms with Crippen molar-refractivity contribution in [3.63, 3.8) is 0 Å². The van der Waals surface area contributed by atoms with E-state index in [1.807, 2.05) is 50.5 Å². The molecule has 0 spiro atoms. The highest BCUT2D eigenvalue weighted by molar-refractivity contribution is 5.96. The molecule has 3 nitrogen and oxygen atoms in total. The van der Waals surface area contributed by atoms with Crippen LogP contribution in [0.2, 0.25) is 0 Å². The van der Waals surface area contributed by atoms with E-state index in [4.69, 9.17) is 0 Å². The summed E-state index contributed by atoms with van der Waals surface area (Å²) in [4.78, 5) is 18.1. The topological polar surface area (TPSA) is 33.2 Å². The summed E-state index contributed by atoms with van der Waals surface area (Å²) < 4.78 is 0. The van der Waals surface area contributed by atoms with Crippen LogP contribution in [0.4, 0.5) is 5.69 Å². The maximum atomic E-state index is 11.8. The number of rotatable bonds is 6. The second-order valence-corrected chi connectivity index (χ2v) is 4.94. The number of carbonyl (C=O) groups is 1. The van der Waals surface area contributed by atoms with Crippen LogP contribution in [0.25, 0.3) is 0 Å². The standard InChI is InChI=1S/C17H20N2O/c1-3-5-17(20)15-7-9-16(10-8-15)19(2)13-14-6-4-11-18-12-14/h4,6-12H,3,5,13H2,1-2H3. The summed E-state index contributed by atoms with van der Waals surface area (Å²) in [5, 5.41) is 0. The van der Waals surface area contributed by atoms with Crippen molar-refractivity contribution in [2.24, 2.45) is 0 Å². The van der Waals surface area contributed by atoms with Crippen molar-refractivity contribution in [2.75, 3.05) is 11.9 Å². The van der Waals surface area contributed by atoms with Crippen LogP contribution in [0.5, 0.6) is 0 Å². The fourth-order valence-corrected chi connectivity index (χ4v) is 2.13. The number of carbonyl (C=O) groups excluding carboxylic acids is 1. The molecule has 1 heterocycles. The summed E-state index contributed by atoms with van der Waals surface area (Å²) in [6, 6.07) is 11.8. The molecule has 0 radical (unpaired) electrons. The molecule has 0 fully saturated rings. The molecule has 3 heteroatoms. The van der Waals surface area contributed by atoms with Crippen molar-refractivity contribution in [1.82, 2.24) is 4.98 Å². The number of ketones is 1. The van der Waals surface area contributed by atoms with Crippen LogP contribution in [0.3, 0.4) is 0 Å². The Bertz CT molecular complexity index is 549. The first kappa shape index (κ1) is 14.3. The van der Waals surface area contributed by atoms with E-state index in [1.54, 1.807) is 6.20 Å². The minimum absolute atomic E-state index is 0.217. The van der Waals surface area contributed by atoms with Gasteiger partial charge >= 0.3 is 0 Å². The van der Waals surface area contributed by atoms with Gasteiger partial charge in [-0.1, -0.05) is 13.0 Å². The van der Waals surface area contributed by atoms with Gasteiger partial charge in [0, 0.05) is 43.7 Å². The summed E-state index contributed by atoms with van der Waals surface area (Å²) in [5.74, 6) is 0.217. The maximum Gasteiger partial charge on any atom is 0.162 e. The highest BCUT2D eigenvalue weighted by atomic mass is 16.1. The zero-order valence-electron chi connectivity index (χ0n) is 12.0. The zero-order valence-corrected chi connectivity index (χ0v) is 12.0. The predicted octanol–water partition coefficient (Wildman–Crippen LogP) is 3.70. The molecule has 0 amide bonds. The lowest BCUT2D eigenvalue weighted by Crippen LogP contribution is -2.16. The normalized spacial score (nSPS) is 10.3. The van der Waals surface area contributed by atoms with E-state index in [-0.39, 0.29) is 5.78 Å². The SMILES string of the molecule is CCCC(=O)c1ccc(N(C)Cc2cccnc2)cc1. The second kappa shape index (κ2) is 6.85. The van der Waals surface area contributed by atoms with Gasteiger partial charge in [0.05, 0.1) is 0 Å². The first-order valence-corrected chi connectivity index (χ1v) is 6.94. The lowest BCUT2D eigenvalue weighted by Gasteiger charge is -2.19. The van der Waals surface area contributed by atoms with E-state index in [1.165, 1.54) is 5.56 Å². The highest BCUT2D eigenvalue weighted by Gasteiger charge is 2.06. The van der Waals surface area contributed by atoms with Gasteiger partial charge in [-0.05, 0) is 42.3 Å². The van der Waals surface area contributed by atoms with Crippen molar-refractivity contribution in [3.8, 4) is 0 Å². The number of aromatic nitrogens is 1. The smallest absolute Gasteiger partial charge is 0.162 e. The van der Waals surface area contributed by atoms with Crippen molar-refractivity contribution in [3.05, 3.63) is 59.9 Å². The Hall–Kier alpha value is -2.16. The van der Waals surface area contributed by atoms with Crippen LogP contribution in [0.15, 0.2) is 48.8 Å². The van der Waals surface area contributed by atoms with Crippen molar-refractivity contribution in [2.45, 2.75) is 26.3 Å². The van der Waals surface area contributed by atoms with E-state index in [2.05, 4.69) is 16.0 Å². The molecule has 20 heavy (non-hydrogen) atoms. The summed E-state index contributed by atoms with van der Waals surface area (Å²) in [7, 11) is 2.04. The predicted molar refractivity (Wildman–Crippen MR) is 82.0 cm³/mol. The molecule has 0 aliphatic heterocycles. The summed E-state index contributed by atoms with van der Waals surface area (Å²) in [6.07, 6.45) is 5.15. The number of anilines is 1. The molecule has 104 valence electrons. The zero-order chi connectivity index (χ0) is 14.4. The molecule has 0 N–H and O–H groups in total. The monoisotopic (exact) mass is 268 g/mol. The molecule has 0 aliphatic carbocycles. The first-order chi connectivity index (χ1) is 9.70. The van der Waals surface area contributed by atoms with Crippen LogP contribution >= 0.6 is 0 Å². The van der Waals surface area contributed by atoms with Gasteiger partial charge in [0.25, 0.3) is 0 Å². The van der Waals surface area contributed by atoms with Gasteiger partial charge < -0.3 is 4.90 Å². The Morgan fingerprint density at radius 2 is 1.95 bits per heavy atom. The lowest BCUT2D eigenvalue weighted by atomic mass is 10.1. The fourth-order valence-electron chi connectivity index (χ4n) is 2.13. The van der Waals surface area contributed by atoms with Crippen LogP contribution in [0, 0.1) is 0 Å². The molecule has 0 unspecified atom stereocenters. The maximum absolute atomic E-state index is 11.8. The van der Waals surface area contributed by atoms with Crippen LogP contribution in [0.1, 0.15) is 35.7 Å². The van der Waals surface area contributed by atoms with Crippen LogP contribution in [-0.4, -0.2) is 17.8 Å². The number of pyridine rings is 1. The molecule has 0 aliphatic rings. The van der Waals surface area contributed by atoms with E-state index in [9.17, 15) is 4.79 Å². The quantitative estimate of drug-likeness (QED) is 0.749. The number of hydrogen-bond donors (Lipinski definition) is 0. The average Bonchev–Trinajstić information content (AvgIpc) is 2.48. The van der Waals surface area contributed by atoms with Gasteiger partial charge in [-0.25, -0.2) is 0 Å². The number of Topliss-reactive ketones (excluding diaryl/α,β-unsaturated/α-hetero) is 1. The second-order valence-electron chi connectivity index (χ2n) is 4.94. The minimum atomic E-state index is 0.217. The third kappa shape index (κ3) is 3.67. The molecular weight excluding hydrogens is 248 g/mol. The minimum Gasteiger partial charge on any atom is -0.370 e. The molecular formula is C17H20N2O. The van der Waals surface area contributed by atoms with Crippen LogP contribution < -0.4 is 4.90 Å². The van der Waals surface area contributed by atoms with Gasteiger partial charge in [-0.2, -0.15) is 0 Å². The van der Waals surface area contributed by atoms with E-state index >= 15 is 0 Å². The average molecular weight is 268 g/mol. The Balaban J connectivity index is 2.04. The molecule has 0 bridgehead atoms. The van der Waals surface area contributed by atoms with E-state index in [0.717, 1.165) is 24.2 Å². The summed E-state index contributed by atoms with van der Waals surface area (Å²) in [5.41, 5.74) is 3.06.